The minimum atomic E-state index is 0.402. The van der Waals surface area contributed by atoms with Crippen molar-refractivity contribution in [3.05, 3.63) is 35.4 Å². The lowest BCUT2D eigenvalue weighted by molar-refractivity contribution is 0.419. The first-order valence-corrected chi connectivity index (χ1v) is 6.30. The van der Waals surface area contributed by atoms with Crippen LogP contribution in [0.1, 0.15) is 30.9 Å². The largest absolute Gasteiger partial charge is 0.123 e. The molecule has 3 atom stereocenters. The lowest BCUT2D eigenvalue weighted by Crippen LogP contribution is -2.13. The van der Waals surface area contributed by atoms with Gasteiger partial charge in [-0.15, -0.1) is 11.6 Å². The highest BCUT2D eigenvalue weighted by Gasteiger charge is 2.31. The fraction of sp³-hybridized carbons (Fsp3) is 0.571. The van der Waals surface area contributed by atoms with E-state index in [1.807, 2.05) is 0 Å². The van der Waals surface area contributed by atoms with Crippen LogP contribution in [0.3, 0.4) is 0 Å². The fourth-order valence-electron chi connectivity index (χ4n) is 2.60. The molecule has 0 saturated heterocycles. The maximum absolute atomic E-state index is 6.26. The van der Waals surface area contributed by atoms with E-state index in [2.05, 4.69) is 38.1 Å². The number of benzene rings is 1. The smallest absolute Gasteiger partial charge is 0.0364 e. The molecule has 1 aliphatic rings. The molecule has 1 heteroatoms. The number of aryl methyl sites for hydroxylation is 1. The van der Waals surface area contributed by atoms with Crippen LogP contribution in [0, 0.1) is 18.8 Å². The monoisotopic (exact) mass is 222 g/mol. The number of hydrogen-bond donors (Lipinski definition) is 0. The van der Waals surface area contributed by atoms with E-state index in [1.54, 1.807) is 0 Å². The molecule has 1 aliphatic carbocycles. The van der Waals surface area contributed by atoms with Gasteiger partial charge in [0.05, 0.1) is 0 Å². The Morgan fingerprint density at radius 2 is 2.00 bits per heavy atom. The zero-order chi connectivity index (χ0) is 10.8. The van der Waals surface area contributed by atoms with Gasteiger partial charge in [-0.1, -0.05) is 31.2 Å². The molecule has 0 spiro atoms. The van der Waals surface area contributed by atoms with Crippen molar-refractivity contribution in [1.29, 1.82) is 0 Å². The van der Waals surface area contributed by atoms with E-state index in [9.17, 15) is 0 Å². The zero-order valence-electron chi connectivity index (χ0n) is 9.54. The Labute approximate surface area is 97.6 Å². The Morgan fingerprint density at radius 3 is 2.60 bits per heavy atom. The van der Waals surface area contributed by atoms with Crippen LogP contribution < -0.4 is 0 Å². The summed E-state index contributed by atoms with van der Waals surface area (Å²) in [6, 6.07) is 8.71. The molecular weight excluding hydrogens is 204 g/mol. The summed E-state index contributed by atoms with van der Waals surface area (Å²) in [5.41, 5.74) is 2.92. The molecule has 0 aliphatic heterocycles. The Kier molecular flexibility index (Phi) is 3.35. The second-order valence-electron chi connectivity index (χ2n) is 4.84. The van der Waals surface area contributed by atoms with Gasteiger partial charge in [0.15, 0.2) is 0 Å². The van der Waals surface area contributed by atoms with Gasteiger partial charge in [0.1, 0.15) is 0 Å². The van der Waals surface area contributed by atoms with Crippen molar-refractivity contribution in [2.75, 3.05) is 0 Å². The molecule has 3 unspecified atom stereocenters. The highest BCUT2D eigenvalue weighted by Crippen LogP contribution is 2.37. The maximum Gasteiger partial charge on any atom is 0.0364 e. The highest BCUT2D eigenvalue weighted by atomic mass is 35.5. The average Bonchev–Trinajstić information content (AvgIpc) is 2.53. The van der Waals surface area contributed by atoms with Gasteiger partial charge >= 0.3 is 0 Å². The number of rotatable bonds is 2. The van der Waals surface area contributed by atoms with Crippen molar-refractivity contribution in [2.45, 2.75) is 38.5 Å². The van der Waals surface area contributed by atoms with E-state index in [4.69, 9.17) is 11.6 Å². The Morgan fingerprint density at radius 1 is 1.27 bits per heavy atom. The molecule has 0 heterocycles. The van der Waals surface area contributed by atoms with Gasteiger partial charge in [0, 0.05) is 5.38 Å². The Hall–Kier alpha value is -0.490. The van der Waals surface area contributed by atoms with Crippen molar-refractivity contribution in [2.24, 2.45) is 11.8 Å². The SMILES string of the molecule is Cc1ccccc1CC1CCC(Cl)C1C. The summed E-state index contributed by atoms with van der Waals surface area (Å²) >= 11 is 6.26. The molecule has 0 nitrogen and oxygen atoms in total. The minimum Gasteiger partial charge on any atom is -0.123 e. The van der Waals surface area contributed by atoms with E-state index in [-0.39, 0.29) is 0 Å². The first kappa shape index (κ1) is 11.0. The molecule has 82 valence electrons. The van der Waals surface area contributed by atoms with E-state index >= 15 is 0 Å². The van der Waals surface area contributed by atoms with Crippen molar-refractivity contribution in [3.63, 3.8) is 0 Å². The van der Waals surface area contributed by atoms with Crippen LogP contribution in [0.2, 0.25) is 0 Å². The van der Waals surface area contributed by atoms with Gasteiger partial charge in [-0.25, -0.2) is 0 Å². The number of halogens is 1. The maximum atomic E-state index is 6.26. The summed E-state index contributed by atoms with van der Waals surface area (Å²) in [6.45, 7) is 4.50. The predicted molar refractivity (Wildman–Crippen MR) is 66.4 cm³/mol. The van der Waals surface area contributed by atoms with Crippen LogP contribution in [-0.2, 0) is 6.42 Å². The Balaban J connectivity index is 2.07. The third kappa shape index (κ3) is 2.36. The number of hydrogen-bond acceptors (Lipinski definition) is 0. The van der Waals surface area contributed by atoms with Crippen molar-refractivity contribution in [1.82, 2.24) is 0 Å². The summed E-state index contributed by atoms with van der Waals surface area (Å²) < 4.78 is 0. The summed E-state index contributed by atoms with van der Waals surface area (Å²) in [5, 5.41) is 0.402. The summed E-state index contributed by atoms with van der Waals surface area (Å²) in [5.74, 6) is 1.46. The van der Waals surface area contributed by atoms with Gasteiger partial charge < -0.3 is 0 Å². The lowest BCUT2D eigenvalue weighted by Gasteiger charge is -2.18. The van der Waals surface area contributed by atoms with Gasteiger partial charge in [0.2, 0.25) is 0 Å². The molecule has 1 aromatic carbocycles. The fourth-order valence-corrected chi connectivity index (χ4v) is 2.94. The zero-order valence-corrected chi connectivity index (χ0v) is 10.3. The molecule has 15 heavy (non-hydrogen) atoms. The van der Waals surface area contributed by atoms with E-state index in [0.29, 0.717) is 11.3 Å². The van der Waals surface area contributed by atoms with Crippen molar-refractivity contribution in [3.8, 4) is 0 Å². The molecular formula is C14H19Cl. The summed E-state index contributed by atoms with van der Waals surface area (Å²) in [7, 11) is 0. The summed E-state index contributed by atoms with van der Waals surface area (Å²) in [6.07, 6.45) is 3.69. The lowest BCUT2D eigenvalue weighted by atomic mass is 9.89. The second kappa shape index (κ2) is 4.57. The predicted octanol–water partition coefficient (Wildman–Crippen LogP) is 4.19. The van der Waals surface area contributed by atoms with E-state index in [0.717, 1.165) is 5.92 Å². The standard InChI is InChI=1S/C14H19Cl/c1-10-5-3-4-6-12(10)9-13-7-8-14(15)11(13)2/h3-6,11,13-14H,7-9H2,1-2H3. The normalized spacial score (nSPS) is 30.7. The second-order valence-corrected chi connectivity index (χ2v) is 5.40. The van der Waals surface area contributed by atoms with Gasteiger partial charge in [-0.3, -0.25) is 0 Å². The van der Waals surface area contributed by atoms with Crippen LogP contribution >= 0.6 is 11.6 Å². The van der Waals surface area contributed by atoms with E-state index < -0.39 is 0 Å². The number of alkyl halides is 1. The topological polar surface area (TPSA) is 0 Å². The molecule has 0 aromatic heterocycles. The third-order valence-corrected chi connectivity index (χ3v) is 4.49. The van der Waals surface area contributed by atoms with Crippen molar-refractivity contribution < 1.29 is 0 Å². The van der Waals surface area contributed by atoms with Crippen molar-refractivity contribution >= 4 is 11.6 Å². The van der Waals surface area contributed by atoms with Crippen LogP contribution in [0.4, 0.5) is 0 Å². The van der Waals surface area contributed by atoms with Crippen LogP contribution in [0.25, 0.3) is 0 Å². The summed E-state index contributed by atoms with van der Waals surface area (Å²) in [4.78, 5) is 0. The molecule has 0 radical (unpaired) electrons. The molecule has 1 aromatic rings. The quantitative estimate of drug-likeness (QED) is 0.659. The van der Waals surface area contributed by atoms with Crippen LogP contribution in [-0.4, -0.2) is 5.38 Å². The first-order chi connectivity index (χ1) is 7.18. The average molecular weight is 223 g/mol. The molecule has 0 amide bonds. The highest BCUT2D eigenvalue weighted by molar-refractivity contribution is 6.20. The van der Waals surface area contributed by atoms with Gasteiger partial charge in [-0.05, 0) is 49.1 Å². The van der Waals surface area contributed by atoms with Gasteiger partial charge in [-0.2, -0.15) is 0 Å². The van der Waals surface area contributed by atoms with Crippen LogP contribution in [0.5, 0.6) is 0 Å². The van der Waals surface area contributed by atoms with Crippen LogP contribution in [0.15, 0.2) is 24.3 Å². The molecule has 2 rings (SSSR count). The molecule has 1 saturated carbocycles. The molecule has 0 N–H and O–H groups in total. The van der Waals surface area contributed by atoms with Gasteiger partial charge in [0.25, 0.3) is 0 Å². The Bertz CT molecular complexity index is 332. The first-order valence-electron chi connectivity index (χ1n) is 5.87. The minimum absolute atomic E-state index is 0.402. The third-order valence-electron chi connectivity index (χ3n) is 3.87. The molecule has 1 fully saturated rings. The van der Waals surface area contributed by atoms with E-state index in [1.165, 1.54) is 30.4 Å². The molecule has 0 bridgehead atoms.